The molecule has 2 fully saturated rings. The van der Waals surface area contributed by atoms with Gasteiger partial charge in [0.2, 0.25) is 12.3 Å². The molecule has 31 heavy (non-hydrogen) atoms. The number of likely N-dealkylation sites (N-methyl/N-ethyl adjacent to an activating group) is 1. The molecule has 2 rings (SSSR count). The quantitative estimate of drug-likeness (QED) is 0.539. The van der Waals surface area contributed by atoms with Gasteiger partial charge in [-0.3, -0.25) is 19.3 Å². The van der Waals surface area contributed by atoms with Gasteiger partial charge in [-0.2, -0.15) is 0 Å². The van der Waals surface area contributed by atoms with E-state index in [1.165, 1.54) is 19.3 Å². The van der Waals surface area contributed by atoms with Gasteiger partial charge in [0.15, 0.2) is 5.78 Å². The Hall–Kier alpha value is -1.80. The number of aldehydes is 1. The van der Waals surface area contributed by atoms with Crippen molar-refractivity contribution < 1.29 is 19.2 Å². The van der Waals surface area contributed by atoms with E-state index in [1.807, 2.05) is 27.8 Å². The molecule has 1 heterocycles. The highest BCUT2D eigenvalue weighted by Crippen LogP contribution is 2.33. The summed E-state index contributed by atoms with van der Waals surface area (Å²) in [4.78, 5) is 44.3. The molecule has 1 aliphatic heterocycles. The van der Waals surface area contributed by atoms with Crippen LogP contribution in [0.3, 0.4) is 0 Å². The summed E-state index contributed by atoms with van der Waals surface area (Å²) in [5.41, 5.74) is 9.47. The van der Waals surface area contributed by atoms with Gasteiger partial charge in [0, 0.05) is 0 Å². The number of carbonyl (C=O) groups is 4. The molecule has 8 heteroatoms. The Kier molecular flexibility index (Phi) is 17.0. The zero-order valence-electron chi connectivity index (χ0n) is 20.6. The highest BCUT2D eigenvalue weighted by atomic mass is 16.2. The summed E-state index contributed by atoms with van der Waals surface area (Å²) in [7, 11) is 1.97. The molecule has 8 nitrogen and oxygen atoms in total. The predicted molar refractivity (Wildman–Crippen MR) is 125 cm³/mol. The molecule has 3 unspecified atom stereocenters. The summed E-state index contributed by atoms with van der Waals surface area (Å²) in [6.07, 6.45) is 7.52. The largest absolute Gasteiger partial charge is 0.372 e. The van der Waals surface area contributed by atoms with Crippen molar-refractivity contribution >= 4 is 24.4 Å². The van der Waals surface area contributed by atoms with Crippen LogP contribution in [-0.4, -0.2) is 61.0 Å². The van der Waals surface area contributed by atoms with Gasteiger partial charge in [0.1, 0.15) is 6.29 Å². The van der Waals surface area contributed by atoms with Gasteiger partial charge >= 0.3 is 0 Å². The number of likely N-dealkylation sites (tertiary alicyclic amines) is 1. The molecule has 1 saturated heterocycles. The standard InChI is InChI=1S/C13H22N2O2.C6H13NO.C3H8.CH3NO/c1-9(16)11(8-10-5-6-10)14-13(17)12-4-3-7-15(12)2;1-6(2,3)5(7)4-8;1-3-2;2-1-3/h10-12H,3-8H2,1-2H3,(H,14,17);4-5H,7H2,1-3H3;3H2,1-2H3;1H,(H2,2,3). The normalized spacial score (nSPS) is 19.7. The first-order valence-corrected chi connectivity index (χ1v) is 11.3. The van der Waals surface area contributed by atoms with Crippen LogP contribution in [0, 0.1) is 11.3 Å². The van der Waals surface area contributed by atoms with Crippen LogP contribution in [0.15, 0.2) is 0 Å². The average Bonchev–Trinajstić information content (AvgIpc) is 3.39. The lowest BCUT2D eigenvalue weighted by Crippen LogP contribution is -2.48. The van der Waals surface area contributed by atoms with E-state index >= 15 is 0 Å². The summed E-state index contributed by atoms with van der Waals surface area (Å²) in [6.45, 7) is 12.6. The summed E-state index contributed by atoms with van der Waals surface area (Å²) >= 11 is 0. The van der Waals surface area contributed by atoms with E-state index in [0.717, 1.165) is 32.1 Å². The Morgan fingerprint density at radius 3 is 1.90 bits per heavy atom. The number of Topliss-reactive ketones (excluding diaryl/α,β-unsaturated/α-hetero) is 1. The van der Waals surface area contributed by atoms with Gasteiger partial charge in [-0.1, -0.05) is 53.9 Å². The van der Waals surface area contributed by atoms with Crippen LogP contribution in [-0.2, 0) is 19.2 Å². The molecule has 2 amide bonds. The molecule has 2 aliphatic rings. The summed E-state index contributed by atoms with van der Waals surface area (Å²) in [5.74, 6) is 0.780. The summed E-state index contributed by atoms with van der Waals surface area (Å²) in [5, 5.41) is 2.93. The molecule has 0 aromatic heterocycles. The van der Waals surface area contributed by atoms with Crippen molar-refractivity contribution in [2.24, 2.45) is 22.8 Å². The smallest absolute Gasteiger partial charge is 0.237 e. The lowest BCUT2D eigenvalue weighted by atomic mass is 9.89. The Balaban J connectivity index is 0. The first kappa shape index (κ1) is 31.4. The molecule has 1 saturated carbocycles. The number of nitrogens with zero attached hydrogens (tertiary/aromatic N) is 1. The highest BCUT2D eigenvalue weighted by molar-refractivity contribution is 5.89. The predicted octanol–water partition coefficient (Wildman–Crippen LogP) is 2.03. The molecule has 3 atom stereocenters. The van der Waals surface area contributed by atoms with Crippen LogP contribution in [0.1, 0.15) is 80.1 Å². The van der Waals surface area contributed by atoms with Crippen LogP contribution >= 0.6 is 0 Å². The van der Waals surface area contributed by atoms with Crippen LogP contribution in [0.5, 0.6) is 0 Å². The zero-order chi connectivity index (χ0) is 24.6. The maximum absolute atomic E-state index is 12.1. The number of carbonyl (C=O) groups excluding carboxylic acids is 4. The maximum Gasteiger partial charge on any atom is 0.237 e. The Morgan fingerprint density at radius 2 is 1.65 bits per heavy atom. The molecule has 1 aliphatic carbocycles. The van der Waals surface area contributed by atoms with Crippen molar-refractivity contribution in [3.63, 3.8) is 0 Å². The van der Waals surface area contributed by atoms with Crippen LogP contribution in [0.4, 0.5) is 0 Å². The zero-order valence-corrected chi connectivity index (χ0v) is 20.6. The minimum atomic E-state index is -0.331. The van der Waals surface area contributed by atoms with Crippen molar-refractivity contribution in [3.05, 3.63) is 0 Å². The van der Waals surface area contributed by atoms with E-state index in [4.69, 9.17) is 10.5 Å². The lowest BCUT2D eigenvalue weighted by Gasteiger charge is -2.22. The first-order chi connectivity index (χ1) is 14.4. The number of rotatable bonds is 6. The second-order valence-electron chi connectivity index (χ2n) is 9.36. The highest BCUT2D eigenvalue weighted by Gasteiger charge is 2.32. The van der Waals surface area contributed by atoms with Gasteiger partial charge in [0.05, 0.1) is 18.1 Å². The van der Waals surface area contributed by atoms with E-state index in [9.17, 15) is 14.4 Å². The van der Waals surface area contributed by atoms with Crippen LogP contribution < -0.4 is 16.8 Å². The van der Waals surface area contributed by atoms with Gasteiger partial charge < -0.3 is 21.6 Å². The summed E-state index contributed by atoms with van der Waals surface area (Å²) in [6, 6.07) is -0.623. The van der Waals surface area contributed by atoms with Gasteiger partial charge in [-0.15, -0.1) is 0 Å². The lowest BCUT2D eigenvalue weighted by molar-refractivity contribution is -0.129. The number of hydrogen-bond acceptors (Lipinski definition) is 6. The Bertz CT molecular complexity index is 530. The van der Waals surface area contributed by atoms with E-state index in [0.29, 0.717) is 5.92 Å². The van der Waals surface area contributed by atoms with Crippen molar-refractivity contribution in [2.75, 3.05) is 13.6 Å². The van der Waals surface area contributed by atoms with Crippen molar-refractivity contribution in [1.29, 1.82) is 0 Å². The number of ketones is 1. The van der Waals surface area contributed by atoms with Gasteiger partial charge in [-0.25, -0.2) is 0 Å². The van der Waals surface area contributed by atoms with E-state index in [2.05, 4.69) is 29.8 Å². The third-order valence-corrected chi connectivity index (χ3v) is 5.04. The molecule has 5 N–H and O–H groups in total. The molecular weight excluding hydrogens is 396 g/mol. The third kappa shape index (κ3) is 15.6. The van der Waals surface area contributed by atoms with E-state index in [1.54, 1.807) is 6.92 Å². The molecule has 0 bridgehead atoms. The first-order valence-electron chi connectivity index (χ1n) is 11.3. The topological polar surface area (TPSA) is 136 Å². The second-order valence-corrected chi connectivity index (χ2v) is 9.36. The van der Waals surface area contributed by atoms with Gasteiger partial charge in [0.25, 0.3) is 0 Å². The average molecular weight is 443 g/mol. The molecule has 0 aromatic rings. The number of primary amides is 1. The monoisotopic (exact) mass is 442 g/mol. The minimum Gasteiger partial charge on any atom is -0.372 e. The van der Waals surface area contributed by atoms with Crippen LogP contribution in [0.2, 0.25) is 0 Å². The number of nitrogens with one attached hydrogen (secondary N) is 1. The second kappa shape index (κ2) is 16.8. The molecule has 0 spiro atoms. The van der Waals surface area contributed by atoms with Gasteiger partial charge in [-0.05, 0) is 51.1 Å². The van der Waals surface area contributed by atoms with Crippen LogP contribution in [0.25, 0.3) is 0 Å². The molecular formula is C23H46N4O4. The molecule has 0 aromatic carbocycles. The minimum absolute atomic E-state index is 0.0314. The van der Waals surface area contributed by atoms with Crippen molar-refractivity contribution in [1.82, 2.24) is 10.2 Å². The van der Waals surface area contributed by atoms with Crippen molar-refractivity contribution in [2.45, 2.75) is 98.2 Å². The molecule has 182 valence electrons. The van der Waals surface area contributed by atoms with Crippen molar-refractivity contribution in [3.8, 4) is 0 Å². The van der Waals surface area contributed by atoms with E-state index < -0.39 is 0 Å². The Labute approximate surface area is 188 Å². The van der Waals surface area contributed by atoms with E-state index in [-0.39, 0.29) is 41.6 Å². The fraction of sp³-hybridized carbons (Fsp3) is 0.826. The maximum atomic E-state index is 12.1. The fourth-order valence-corrected chi connectivity index (χ4v) is 2.73. The number of amides is 2. The summed E-state index contributed by atoms with van der Waals surface area (Å²) < 4.78 is 0. The SMILES string of the molecule is CC(=O)C(CC1CC1)NC(=O)C1CCCN1C.CC(C)(C)C(N)C=O.CCC.NC=O. The number of nitrogens with two attached hydrogens (primary N) is 2. The third-order valence-electron chi connectivity index (χ3n) is 5.04. The fourth-order valence-electron chi connectivity index (χ4n) is 2.73. The number of hydrogen-bond donors (Lipinski definition) is 3. The molecule has 0 radical (unpaired) electrons. The Morgan fingerprint density at radius 1 is 1.16 bits per heavy atom.